The monoisotopic (exact) mass is 237 g/mol. The molecule has 0 atom stereocenters. The van der Waals surface area contributed by atoms with Gasteiger partial charge in [-0.1, -0.05) is 11.6 Å². The van der Waals surface area contributed by atoms with Crippen LogP contribution in [0, 0.1) is 13.8 Å². The van der Waals surface area contributed by atoms with Crippen molar-refractivity contribution in [2.75, 3.05) is 26.2 Å². The summed E-state index contributed by atoms with van der Waals surface area (Å²) < 4.78 is 5.14. The molecule has 1 aromatic heterocycles. The minimum Gasteiger partial charge on any atom is -0.361 e. The third kappa shape index (κ3) is 3.54. The van der Waals surface area contributed by atoms with E-state index in [4.69, 9.17) is 4.52 Å². The normalized spacial score (nSPS) is 17.5. The average Bonchev–Trinajstić information content (AvgIpc) is 2.67. The van der Waals surface area contributed by atoms with Crippen LogP contribution in [-0.4, -0.2) is 36.2 Å². The van der Waals surface area contributed by atoms with Crippen molar-refractivity contribution in [1.82, 2.24) is 15.4 Å². The zero-order valence-electron chi connectivity index (χ0n) is 11.0. The second-order valence-corrected chi connectivity index (χ2v) is 4.88. The summed E-state index contributed by atoms with van der Waals surface area (Å²) in [5, 5.41) is 7.43. The van der Waals surface area contributed by atoms with Crippen molar-refractivity contribution in [2.45, 2.75) is 39.7 Å². The van der Waals surface area contributed by atoms with Gasteiger partial charge in [-0.3, -0.25) is 0 Å². The van der Waals surface area contributed by atoms with Gasteiger partial charge in [0.2, 0.25) is 0 Å². The van der Waals surface area contributed by atoms with Gasteiger partial charge in [-0.25, -0.2) is 0 Å². The topological polar surface area (TPSA) is 41.3 Å². The summed E-state index contributed by atoms with van der Waals surface area (Å²) in [6.45, 7) is 9.59. The molecule has 1 N–H and O–H groups in total. The summed E-state index contributed by atoms with van der Waals surface area (Å²) in [4.78, 5) is 2.55. The molecule has 4 nitrogen and oxygen atoms in total. The van der Waals surface area contributed by atoms with Crippen LogP contribution in [0.3, 0.4) is 0 Å². The van der Waals surface area contributed by atoms with Crippen molar-refractivity contribution in [3.8, 4) is 0 Å². The molecule has 0 spiro atoms. The predicted molar refractivity (Wildman–Crippen MR) is 68.0 cm³/mol. The van der Waals surface area contributed by atoms with Gasteiger partial charge in [0.1, 0.15) is 5.76 Å². The van der Waals surface area contributed by atoms with Gasteiger partial charge < -0.3 is 14.7 Å². The van der Waals surface area contributed by atoms with Crippen LogP contribution in [0.15, 0.2) is 4.52 Å². The van der Waals surface area contributed by atoms with Gasteiger partial charge in [0.25, 0.3) is 0 Å². The molecule has 0 amide bonds. The number of nitrogens with one attached hydrogen (secondary N) is 1. The van der Waals surface area contributed by atoms with E-state index in [9.17, 15) is 0 Å². The Morgan fingerprint density at radius 1 is 1.24 bits per heavy atom. The van der Waals surface area contributed by atoms with E-state index in [1.165, 1.54) is 37.9 Å². The van der Waals surface area contributed by atoms with Gasteiger partial charge in [-0.15, -0.1) is 0 Å². The summed E-state index contributed by atoms with van der Waals surface area (Å²) in [5.74, 6) is 0.938. The zero-order valence-corrected chi connectivity index (χ0v) is 11.0. The second-order valence-electron chi connectivity index (χ2n) is 4.88. The van der Waals surface area contributed by atoms with Crippen LogP contribution in [0.2, 0.25) is 0 Å². The molecule has 96 valence electrons. The van der Waals surface area contributed by atoms with Crippen molar-refractivity contribution in [1.29, 1.82) is 0 Å². The molecule has 17 heavy (non-hydrogen) atoms. The van der Waals surface area contributed by atoms with Gasteiger partial charge in [-0.2, -0.15) is 0 Å². The van der Waals surface area contributed by atoms with E-state index in [2.05, 4.69) is 15.4 Å². The summed E-state index contributed by atoms with van der Waals surface area (Å²) >= 11 is 0. The number of nitrogens with zero attached hydrogens (tertiary/aromatic N) is 2. The largest absolute Gasteiger partial charge is 0.361 e. The van der Waals surface area contributed by atoms with Crippen LogP contribution in [-0.2, 0) is 6.54 Å². The van der Waals surface area contributed by atoms with E-state index in [1.54, 1.807) is 0 Å². The third-order valence-corrected chi connectivity index (χ3v) is 3.54. The Kier molecular flexibility index (Phi) is 4.57. The van der Waals surface area contributed by atoms with Crippen molar-refractivity contribution in [3.63, 3.8) is 0 Å². The summed E-state index contributed by atoms with van der Waals surface area (Å²) in [6.07, 6.45) is 4.14. The smallest absolute Gasteiger partial charge is 0.138 e. The highest BCUT2D eigenvalue weighted by molar-refractivity contribution is 5.20. The minimum absolute atomic E-state index is 0.870. The first kappa shape index (κ1) is 12.6. The maximum absolute atomic E-state index is 5.14. The van der Waals surface area contributed by atoms with Crippen LogP contribution >= 0.6 is 0 Å². The fourth-order valence-corrected chi connectivity index (χ4v) is 2.39. The summed E-state index contributed by atoms with van der Waals surface area (Å²) in [5.41, 5.74) is 2.22. The van der Waals surface area contributed by atoms with Gasteiger partial charge in [0.15, 0.2) is 0 Å². The molecule has 1 saturated heterocycles. The highest BCUT2D eigenvalue weighted by Gasteiger charge is 2.10. The van der Waals surface area contributed by atoms with Gasteiger partial charge in [0, 0.05) is 25.2 Å². The molecule has 0 saturated carbocycles. The Morgan fingerprint density at radius 3 is 2.65 bits per heavy atom. The maximum atomic E-state index is 5.14. The number of aromatic nitrogens is 1. The maximum Gasteiger partial charge on any atom is 0.138 e. The van der Waals surface area contributed by atoms with E-state index in [0.29, 0.717) is 0 Å². The molecule has 4 heteroatoms. The van der Waals surface area contributed by atoms with Crippen molar-refractivity contribution < 1.29 is 4.52 Å². The molecule has 0 bridgehead atoms. The summed E-state index contributed by atoms with van der Waals surface area (Å²) in [6, 6.07) is 0. The highest BCUT2D eigenvalue weighted by Crippen LogP contribution is 2.11. The van der Waals surface area contributed by atoms with E-state index in [0.717, 1.165) is 31.1 Å². The Hall–Kier alpha value is -0.870. The number of aryl methyl sites for hydroxylation is 2. The molecule has 0 unspecified atom stereocenters. The third-order valence-electron chi connectivity index (χ3n) is 3.54. The first-order chi connectivity index (χ1) is 8.27. The van der Waals surface area contributed by atoms with Crippen LogP contribution in [0.25, 0.3) is 0 Å². The lowest BCUT2D eigenvalue weighted by Crippen LogP contribution is -2.35. The number of piperidine rings is 1. The van der Waals surface area contributed by atoms with Crippen LogP contribution in [0.4, 0.5) is 0 Å². The van der Waals surface area contributed by atoms with E-state index in [-0.39, 0.29) is 0 Å². The standard InChI is InChI=1S/C13H23N3O/c1-11-13(12(2)17-15-11)10-14-6-9-16-7-4-3-5-8-16/h14H,3-10H2,1-2H3. The Balaban J connectivity index is 1.66. The Bertz CT molecular complexity index is 323. The molecule has 1 fully saturated rings. The van der Waals surface area contributed by atoms with E-state index >= 15 is 0 Å². The van der Waals surface area contributed by atoms with Crippen LogP contribution < -0.4 is 5.32 Å². The molecule has 1 aliphatic rings. The lowest BCUT2D eigenvalue weighted by molar-refractivity contribution is 0.229. The molecule has 0 aromatic carbocycles. The number of hydrogen-bond acceptors (Lipinski definition) is 4. The molecule has 2 heterocycles. The fraction of sp³-hybridized carbons (Fsp3) is 0.769. The van der Waals surface area contributed by atoms with Gasteiger partial charge in [0.05, 0.1) is 5.69 Å². The Morgan fingerprint density at radius 2 is 2.00 bits per heavy atom. The number of likely N-dealkylation sites (tertiary alicyclic amines) is 1. The Labute approximate surface area is 103 Å². The lowest BCUT2D eigenvalue weighted by atomic mass is 10.1. The lowest BCUT2D eigenvalue weighted by Gasteiger charge is -2.26. The van der Waals surface area contributed by atoms with Crippen LogP contribution in [0.1, 0.15) is 36.3 Å². The van der Waals surface area contributed by atoms with Crippen molar-refractivity contribution in [3.05, 3.63) is 17.0 Å². The van der Waals surface area contributed by atoms with Crippen LogP contribution in [0.5, 0.6) is 0 Å². The molecule has 0 radical (unpaired) electrons. The molecule has 1 aliphatic heterocycles. The molecule has 2 rings (SSSR count). The first-order valence-corrected chi connectivity index (χ1v) is 6.62. The summed E-state index contributed by atoms with van der Waals surface area (Å²) in [7, 11) is 0. The zero-order chi connectivity index (χ0) is 12.1. The van der Waals surface area contributed by atoms with E-state index < -0.39 is 0 Å². The van der Waals surface area contributed by atoms with Gasteiger partial charge >= 0.3 is 0 Å². The number of rotatable bonds is 5. The first-order valence-electron chi connectivity index (χ1n) is 6.62. The molecule has 1 aromatic rings. The number of hydrogen-bond donors (Lipinski definition) is 1. The second kappa shape index (κ2) is 6.17. The SMILES string of the molecule is Cc1noc(C)c1CNCCN1CCCCC1. The van der Waals surface area contributed by atoms with Crippen molar-refractivity contribution in [2.24, 2.45) is 0 Å². The van der Waals surface area contributed by atoms with Gasteiger partial charge in [-0.05, 0) is 39.8 Å². The fourth-order valence-electron chi connectivity index (χ4n) is 2.39. The average molecular weight is 237 g/mol. The molecular weight excluding hydrogens is 214 g/mol. The van der Waals surface area contributed by atoms with Crippen molar-refractivity contribution >= 4 is 0 Å². The minimum atomic E-state index is 0.870. The predicted octanol–water partition coefficient (Wildman–Crippen LogP) is 1.87. The quantitative estimate of drug-likeness (QED) is 0.794. The highest BCUT2D eigenvalue weighted by atomic mass is 16.5. The molecule has 0 aliphatic carbocycles. The molecular formula is C13H23N3O. The van der Waals surface area contributed by atoms with E-state index in [1.807, 2.05) is 13.8 Å².